The minimum absolute atomic E-state index is 0.133. The molecule has 0 radical (unpaired) electrons. The van der Waals surface area contributed by atoms with Crippen LogP contribution in [0.4, 0.5) is 11.4 Å². The molecule has 2 amide bonds. The second-order valence-electron chi connectivity index (χ2n) is 5.38. The minimum atomic E-state index is -0.547. The van der Waals surface area contributed by atoms with Crippen molar-refractivity contribution in [1.29, 1.82) is 0 Å². The van der Waals surface area contributed by atoms with E-state index in [1.165, 1.54) is 30.7 Å². The molecule has 1 aromatic heterocycles. The van der Waals surface area contributed by atoms with Crippen molar-refractivity contribution in [3.8, 4) is 0 Å². The van der Waals surface area contributed by atoms with Gasteiger partial charge >= 0.3 is 5.69 Å². The lowest BCUT2D eigenvalue weighted by Crippen LogP contribution is -2.35. The van der Waals surface area contributed by atoms with Gasteiger partial charge < -0.3 is 10.6 Å². The number of halogens is 2. The fraction of sp³-hybridized carbons (Fsp3) is 0.267. The zero-order chi connectivity index (χ0) is 19.4. The maximum atomic E-state index is 12.0. The number of hydrogen-bond donors (Lipinski definition) is 2. The summed E-state index contributed by atoms with van der Waals surface area (Å²) in [6.07, 6.45) is 0. The predicted octanol–water partition coefficient (Wildman–Crippen LogP) is 2.47. The van der Waals surface area contributed by atoms with Crippen LogP contribution in [0.1, 0.15) is 11.4 Å². The van der Waals surface area contributed by atoms with E-state index < -0.39 is 16.7 Å². The maximum Gasteiger partial charge on any atom is 0.312 e. The first-order chi connectivity index (χ1) is 12.2. The van der Waals surface area contributed by atoms with Crippen LogP contribution in [0.3, 0.4) is 0 Å². The molecular formula is C15H15Cl2N5O4. The van der Waals surface area contributed by atoms with E-state index in [-0.39, 0.29) is 30.2 Å². The predicted molar refractivity (Wildman–Crippen MR) is 96.5 cm³/mol. The summed E-state index contributed by atoms with van der Waals surface area (Å²) in [4.78, 5) is 34.3. The maximum absolute atomic E-state index is 12.0. The van der Waals surface area contributed by atoms with Gasteiger partial charge in [0, 0.05) is 5.02 Å². The number of aryl methyl sites for hydroxylation is 1. The van der Waals surface area contributed by atoms with E-state index in [2.05, 4.69) is 15.7 Å². The molecule has 0 saturated heterocycles. The van der Waals surface area contributed by atoms with Crippen molar-refractivity contribution in [2.45, 2.75) is 20.4 Å². The molecule has 0 unspecified atom stereocenters. The highest BCUT2D eigenvalue weighted by Crippen LogP contribution is 2.25. The molecule has 0 spiro atoms. The Morgan fingerprint density at radius 2 is 1.96 bits per heavy atom. The summed E-state index contributed by atoms with van der Waals surface area (Å²) in [5.41, 5.74) is 0.671. The molecule has 2 N–H and O–H groups in total. The Morgan fingerprint density at radius 1 is 1.27 bits per heavy atom. The lowest BCUT2D eigenvalue weighted by atomic mass is 10.3. The van der Waals surface area contributed by atoms with E-state index in [1.54, 1.807) is 6.07 Å². The Kier molecular flexibility index (Phi) is 6.17. The van der Waals surface area contributed by atoms with Gasteiger partial charge in [-0.15, -0.1) is 0 Å². The van der Waals surface area contributed by atoms with Crippen LogP contribution in [0.5, 0.6) is 0 Å². The Labute approximate surface area is 158 Å². The van der Waals surface area contributed by atoms with Crippen molar-refractivity contribution in [3.05, 3.63) is 49.7 Å². The van der Waals surface area contributed by atoms with Gasteiger partial charge in [-0.25, -0.2) is 0 Å². The number of nitro groups is 1. The first-order valence-electron chi connectivity index (χ1n) is 7.39. The zero-order valence-corrected chi connectivity index (χ0v) is 15.4. The molecule has 0 atom stereocenters. The van der Waals surface area contributed by atoms with Crippen molar-refractivity contribution in [2.75, 3.05) is 11.9 Å². The fourth-order valence-corrected chi connectivity index (χ4v) is 2.60. The largest absolute Gasteiger partial charge is 0.345 e. The van der Waals surface area contributed by atoms with E-state index in [9.17, 15) is 19.7 Å². The SMILES string of the molecule is Cc1nn(CC(=O)NCC(=O)Nc2cc(Cl)ccc2Cl)c(C)c1[N+](=O)[O-]. The van der Waals surface area contributed by atoms with E-state index in [0.717, 1.165) is 0 Å². The van der Waals surface area contributed by atoms with Gasteiger partial charge in [-0.2, -0.15) is 5.10 Å². The monoisotopic (exact) mass is 399 g/mol. The quantitative estimate of drug-likeness (QED) is 0.570. The number of carbonyl (C=O) groups is 2. The van der Waals surface area contributed by atoms with E-state index in [4.69, 9.17) is 23.2 Å². The van der Waals surface area contributed by atoms with Crippen LogP contribution in [0.2, 0.25) is 10.0 Å². The van der Waals surface area contributed by atoms with Gasteiger partial charge in [-0.1, -0.05) is 23.2 Å². The molecule has 138 valence electrons. The first kappa shape index (κ1) is 19.7. The van der Waals surface area contributed by atoms with Gasteiger partial charge in [0.1, 0.15) is 17.9 Å². The molecule has 0 aliphatic rings. The molecule has 11 heteroatoms. The molecule has 0 aliphatic carbocycles. The van der Waals surface area contributed by atoms with Crippen molar-refractivity contribution < 1.29 is 14.5 Å². The van der Waals surface area contributed by atoms with Gasteiger partial charge in [0.25, 0.3) is 0 Å². The van der Waals surface area contributed by atoms with Crippen molar-refractivity contribution in [1.82, 2.24) is 15.1 Å². The summed E-state index contributed by atoms with van der Waals surface area (Å²) >= 11 is 11.8. The molecule has 2 aromatic rings. The van der Waals surface area contributed by atoms with E-state index in [1.807, 2.05) is 0 Å². The fourth-order valence-electron chi connectivity index (χ4n) is 2.26. The number of rotatable bonds is 6. The smallest absolute Gasteiger partial charge is 0.312 e. The summed E-state index contributed by atoms with van der Waals surface area (Å²) in [6, 6.07) is 4.60. The third kappa shape index (κ3) is 4.70. The third-order valence-corrected chi connectivity index (χ3v) is 4.03. The summed E-state index contributed by atoms with van der Waals surface area (Å²) in [6.45, 7) is 2.44. The number of aromatic nitrogens is 2. The molecule has 26 heavy (non-hydrogen) atoms. The van der Waals surface area contributed by atoms with Crippen LogP contribution >= 0.6 is 23.2 Å². The topological polar surface area (TPSA) is 119 Å². The number of amides is 2. The highest BCUT2D eigenvalue weighted by Gasteiger charge is 2.22. The Balaban J connectivity index is 1.93. The third-order valence-electron chi connectivity index (χ3n) is 3.47. The Morgan fingerprint density at radius 3 is 2.58 bits per heavy atom. The molecule has 1 aromatic carbocycles. The van der Waals surface area contributed by atoms with Crippen LogP contribution in [0.15, 0.2) is 18.2 Å². The van der Waals surface area contributed by atoms with Gasteiger partial charge in [0.2, 0.25) is 11.8 Å². The van der Waals surface area contributed by atoms with Crippen LogP contribution in [-0.4, -0.2) is 33.1 Å². The van der Waals surface area contributed by atoms with E-state index in [0.29, 0.717) is 15.7 Å². The zero-order valence-electron chi connectivity index (χ0n) is 13.9. The second-order valence-corrected chi connectivity index (χ2v) is 6.23. The van der Waals surface area contributed by atoms with Crippen LogP contribution in [-0.2, 0) is 16.1 Å². The summed E-state index contributed by atoms with van der Waals surface area (Å²) in [5.74, 6) is -1.01. The highest BCUT2D eigenvalue weighted by molar-refractivity contribution is 6.35. The Hall–Kier alpha value is -2.65. The van der Waals surface area contributed by atoms with Crippen molar-refractivity contribution >= 4 is 46.4 Å². The normalized spacial score (nSPS) is 10.5. The standard InChI is InChI=1S/C15H15Cl2N5O4/c1-8-15(22(25)26)9(2)21(20-8)7-14(24)18-6-13(23)19-12-5-10(16)3-4-11(12)17/h3-5H,6-7H2,1-2H3,(H,18,24)(H,19,23). The number of nitrogens with one attached hydrogen (secondary N) is 2. The van der Waals surface area contributed by atoms with Crippen molar-refractivity contribution in [2.24, 2.45) is 0 Å². The number of benzene rings is 1. The summed E-state index contributed by atoms with van der Waals surface area (Å²) in [7, 11) is 0. The molecule has 0 aliphatic heterocycles. The number of hydrogen-bond acceptors (Lipinski definition) is 5. The summed E-state index contributed by atoms with van der Waals surface area (Å²) in [5, 5.41) is 20.6. The summed E-state index contributed by atoms with van der Waals surface area (Å²) < 4.78 is 1.22. The average molecular weight is 400 g/mol. The van der Waals surface area contributed by atoms with E-state index >= 15 is 0 Å². The number of nitrogens with zero attached hydrogens (tertiary/aromatic N) is 3. The molecular weight excluding hydrogens is 385 g/mol. The Bertz CT molecular complexity index is 881. The minimum Gasteiger partial charge on any atom is -0.345 e. The first-order valence-corrected chi connectivity index (χ1v) is 8.14. The highest BCUT2D eigenvalue weighted by atomic mass is 35.5. The van der Waals surface area contributed by atoms with Crippen LogP contribution in [0, 0.1) is 24.0 Å². The van der Waals surface area contributed by atoms with Gasteiger partial charge in [0.05, 0.1) is 22.2 Å². The lowest BCUT2D eigenvalue weighted by molar-refractivity contribution is -0.386. The lowest BCUT2D eigenvalue weighted by Gasteiger charge is -2.09. The van der Waals surface area contributed by atoms with Gasteiger partial charge in [0.15, 0.2) is 0 Å². The van der Waals surface area contributed by atoms with Crippen LogP contribution in [0.25, 0.3) is 0 Å². The van der Waals surface area contributed by atoms with Gasteiger partial charge in [-0.05, 0) is 32.0 Å². The molecule has 0 bridgehead atoms. The van der Waals surface area contributed by atoms with Crippen LogP contribution < -0.4 is 10.6 Å². The van der Waals surface area contributed by atoms with Crippen molar-refractivity contribution in [3.63, 3.8) is 0 Å². The molecule has 9 nitrogen and oxygen atoms in total. The van der Waals surface area contributed by atoms with Gasteiger partial charge in [-0.3, -0.25) is 24.4 Å². The molecule has 0 fully saturated rings. The molecule has 1 heterocycles. The molecule has 0 saturated carbocycles. The second kappa shape index (κ2) is 8.15. The number of carbonyl (C=O) groups excluding carboxylic acids is 2. The number of anilines is 1. The molecule has 2 rings (SSSR count). The average Bonchev–Trinajstić information content (AvgIpc) is 2.83.